The molecule has 0 aliphatic rings. The third-order valence-corrected chi connectivity index (χ3v) is 4.83. The molecule has 0 aliphatic heterocycles. The lowest BCUT2D eigenvalue weighted by atomic mass is 10.2. The van der Waals surface area contributed by atoms with Crippen LogP contribution in [0, 0.1) is 0 Å². The molecule has 0 saturated carbocycles. The standard InChI is InChI=1S/C24H22BrNO4/c1-28-20-10-6-9-19(15-20)26-23(27)12-11-18-13-21(25)24(22(14-18)29-2)30-16-17-7-4-3-5-8-17/h3-15H,16H2,1-2H3,(H,26,27). The SMILES string of the molecule is COc1cccc(NC(=O)C=Cc2cc(Br)c(OCc3ccccc3)c(OC)c2)c1. The van der Waals surface area contributed by atoms with Gasteiger partial charge >= 0.3 is 0 Å². The zero-order chi connectivity index (χ0) is 21.3. The van der Waals surface area contributed by atoms with Crippen LogP contribution in [0.2, 0.25) is 0 Å². The Kier molecular flexibility index (Phi) is 7.51. The highest BCUT2D eigenvalue weighted by Gasteiger charge is 2.11. The number of carbonyl (C=O) groups excluding carboxylic acids is 1. The number of benzene rings is 3. The normalized spacial score (nSPS) is 10.6. The van der Waals surface area contributed by atoms with Crippen molar-refractivity contribution >= 4 is 33.6 Å². The van der Waals surface area contributed by atoms with E-state index in [4.69, 9.17) is 14.2 Å². The molecule has 3 rings (SSSR count). The summed E-state index contributed by atoms with van der Waals surface area (Å²) >= 11 is 3.54. The van der Waals surface area contributed by atoms with Gasteiger partial charge < -0.3 is 19.5 Å². The van der Waals surface area contributed by atoms with Crippen molar-refractivity contribution in [3.8, 4) is 17.2 Å². The number of methoxy groups -OCH3 is 2. The van der Waals surface area contributed by atoms with Gasteiger partial charge in [0, 0.05) is 17.8 Å². The summed E-state index contributed by atoms with van der Waals surface area (Å²) < 4.78 is 17.3. The van der Waals surface area contributed by atoms with Crippen LogP contribution in [0.3, 0.4) is 0 Å². The van der Waals surface area contributed by atoms with E-state index in [9.17, 15) is 4.79 Å². The van der Waals surface area contributed by atoms with Gasteiger partial charge in [-0.15, -0.1) is 0 Å². The number of ether oxygens (including phenoxy) is 3. The molecule has 1 N–H and O–H groups in total. The van der Waals surface area contributed by atoms with Crippen LogP contribution in [0.25, 0.3) is 6.08 Å². The molecule has 3 aromatic carbocycles. The number of nitrogens with one attached hydrogen (secondary N) is 1. The smallest absolute Gasteiger partial charge is 0.248 e. The molecule has 3 aromatic rings. The predicted molar refractivity (Wildman–Crippen MR) is 122 cm³/mol. The first-order valence-electron chi connectivity index (χ1n) is 9.26. The van der Waals surface area contributed by atoms with Gasteiger partial charge in [-0.2, -0.15) is 0 Å². The molecule has 1 amide bonds. The Labute approximate surface area is 184 Å². The number of anilines is 1. The second-order valence-corrected chi connectivity index (χ2v) is 7.22. The molecular formula is C24H22BrNO4. The Morgan fingerprint density at radius 2 is 1.80 bits per heavy atom. The maximum atomic E-state index is 12.2. The van der Waals surface area contributed by atoms with Crippen LogP contribution in [-0.2, 0) is 11.4 Å². The monoisotopic (exact) mass is 467 g/mol. The summed E-state index contributed by atoms with van der Waals surface area (Å²) in [5, 5.41) is 2.81. The van der Waals surface area contributed by atoms with E-state index in [1.54, 1.807) is 32.4 Å². The van der Waals surface area contributed by atoms with E-state index in [0.717, 1.165) is 15.6 Å². The van der Waals surface area contributed by atoms with Gasteiger partial charge in [-0.3, -0.25) is 4.79 Å². The van der Waals surface area contributed by atoms with E-state index in [1.807, 2.05) is 54.6 Å². The Hall–Kier alpha value is -3.25. The Morgan fingerprint density at radius 1 is 1.00 bits per heavy atom. The van der Waals surface area contributed by atoms with E-state index >= 15 is 0 Å². The van der Waals surface area contributed by atoms with E-state index in [0.29, 0.717) is 29.5 Å². The third-order valence-electron chi connectivity index (χ3n) is 4.24. The zero-order valence-electron chi connectivity index (χ0n) is 16.7. The Morgan fingerprint density at radius 3 is 2.53 bits per heavy atom. The summed E-state index contributed by atoms with van der Waals surface area (Å²) in [6.45, 7) is 0.425. The number of amides is 1. The molecule has 0 heterocycles. The van der Waals surface area contributed by atoms with Crippen LogP contribution in [-0.4, -0.2) is 20.1 Å². The molecule has 0 spiro atoms. The molecule has 30 heavy (non-hydrogen) atoms. The number of halogens is 1. The van der Waals surface area contributed by atoms with Gasteiger partial charge in [-0.1, -0.05) is 36.4 Å². The van der Waals surface area contributed by atoms with Crippen molar-refractivity contribution in [2.75, 3.05) is 19.5 Å². The zero-order valence-corrected chi connectivity index (χ0v) is 18.3. The van der Waals surface area contributed by atoms with Crippen molar-refractivity contribution in [3.63, 3.8) is 0 Å². The van der Waals surface area contributed by atoms with Crippen LogP contribution < -0.4 is 19.5 Å². The van der Waals surface area contributed by atoms with Gasteiger partial charge in [0.2, 0.25) is 5.91 Å². The molecule has 0 radical (unpaired) electrons. The van der Waals surface area contributed by atoms with Crippen molar-refractivity contribution in [2.24, 2.45) is 0 Å². The maximum absolute atomic E-state index is 12.2. The van der Waals surface area contributed by atoms with Crippen LogP contribution in [0.15, 0.2) is 77.3 Å². The minimum Gasteiger partial charge on any atom is -0.497 e. The highest BCUT2D eigenvalue weighted by atomic mass is 79.9. The summed E-state index contributed by atoms with van der Waals surface area (Å²) in [5.41, 5.74) is 2.52. The fourth-order valence-electron chi connectivity index (χ4n) is 2.76. The number of hydrogen-bond acceptors (Lipinski definition) is 4. The molecule has 5 nitrogen and oxygen atoms in total. The molecule has 0 bridgehead atoms. The minimum absolute atomic E-state index is 0.247. The van der Waals surface area contributed by atoms with Gasteiger partial charge in [0.05, 0.1) is 18.7 Å². The summed E-state index contributed by atoms with van der Waals surface area (Å²) in [6.07, 6.45) is 3.18. The molecule has 6 heteroatoms. The van der Waals surface area contributed by atoms with Crippen molar-refractivity contribution in [1.29, 1.82) is 0 Å². The lowest BCUT2D eigenvalue weighted by Gasteiger charge is -2.13. The van der Waals surface area contributed by atoms with E-state index in [-0.39, 0.29) is 5.91 Å². The second kappa shape index (κ2) is 10.5. The summed E-state index contributed by atoms with van der Waals surface area (Å²) in [7, 11) is 3.17. The topological polar surface area (TPSA) is 56.8 Å². The first kappa shape index (κ1) is 21.5. The molecule has 0 aromatic heterocycles. The van der Waals surface area contributed by atoms with Gasteiger partial charge in [0.1, 0.15) is 12.4 Å². The van der Waals surface area contributed by atoms with Gasteiger partial charge in [0.25, 0.3) is 0 Å². The van der Waals surface area contributed by atoms with E-state index < -0.39 is 0 Å². The van der Waals surface area contributed by atoms with Crippen molar-refractivity contribution < 1.29 is 19.0 Å². The molecule has 0 atom stereocenters. The first-order valence-corrected chi connectivity index (χ1v) is 10.1. The third kappa shape index (κ3) is 5.87. The summed E-state index contributed by atoms with van der Waals surface area (Å²) in [5.74, 6) is 1.62. The molecule has 154 valence electrons. The molecule has 0 fully saturated rings. The van der Waals surface area contributed by atoms with Crippen LogP contribution >= 0.6 is 15.9 Å². The summed E-state index contributed by atoms with van der Waals surface area (Å²) in [4.78, 5) is 12.2. The largest absolute Gasteiger partial charge is 0.497 e. The summed E-state index contributed by atoms with van der Waals surface area (Å²) in [6, 6.07) is 20.8. The fourth-order valence-corrected chi connectivity index (χ4v) is 3.34. The maximum Gasteiger partial charge on any atom is 0.248 e. The fraction of sp³-hybridized carbons (Fsp3) is 0.125. The van der Waals surface area contributed by atoms with Crippen LogP contribution in [0.1, 0.15) is 11.1 Å². The van der Waals surface area contributed by atoms with Crippen LogP contribution in [0.4, 0.5) is 5.69 Å². The minimum atomic E-state index is -0.247. The van der Waals surface area contributed by atoms with Crippen molar-refractivity contribution in [1.82, 2.24) is 0 Å². The van der Waals surface area contributed by atoms with Gasteiger partial charge in [0.15, 0.2) is 11.5 Å². The molecular weight excluding hydrogens is 446 g/mol. The van der Waals surface area contributed by atoms with Crippen molar-refractivity contribution in [3.05, 3.63) is 88.4 Å². The lowest BCUT2D eigenvalue weighted by Crippen LogP contribution is -2.07. The number of rotatable bonds is 8. The Balaban J connectivity index is 1.69. The van der Waals surface area contributed by atoms with Crippen LogP contribution in [0.5, 0.6) is 17.2 Å². The Bertz CT molecular complexity index is 1030. The highest BCUT2D eigenvalue weighted by molar-refractivity contribution is 9.10. The number of carbonyl (C=O) groups is 1. The number of hydrogen-bond donors (Lipinski definition) is 1. The molecule has 0 saturated heterocycles. The molecule has 0 unspecified atom stereocenters. The van der Waals surface area contributed by atoms with Gasteiger partial charge in [-0.25, -0.2) is 0 Å². The first-order chi connectivity index (χ1) is 14.6. The van der Waals surface area contributed by atoms with Crippen molar-refractivity contribution in [2.45, 2.75) is 6.61 Å². The highest BCUT2D eigenvalue weighted by Crippen LogP contribution is 2.37. The quantitative estimate of drug-likeness (QED) is 0.431. The van der Waals surface area contributed by atoms with E-state index in [2.05, 4.69) is 21.2 Å². The van der Waals surface area contributed by atoms with Gasteiger partial charge in [-0.05, 0) is 57.4 Å². The average molecular weight is 468 g/mol. The molecule has 0 aliphatic carbocycles. The second-order valence-electron chi connectivity index (χ2n) is 6.36. The average Bonchev–Trinajstić information content (AvgIpc) is 2.77. The predicted octanol–water partition coefficient (Wildman–Crippen LogP) is 5.70. The van der Waals surface area contributed by atoms with E-state index in [1.165, 1.54) is 6.08 Å². The lowest BCUT2D eigenvalue weighted by molar-refractivity contribution is -0.111.